The number of ketones is 1. The van der Waals surface area contributed by atoms with E-state index in [0.717, 1.165) is 19.4 Å². The highest BCUT2D eigenvalue weighted by Gasteiger charge is 2.29. The van der Waals surface area contributed by atoms with Crippen molar-refractivity contribution in [2.75, 3.05) is 6.54 Å². The lowest BCUT2D eigenvalue weighted by atomic mass is 9.97. The van der Waals surface area contributed by atoms with Crippen LogP contribution in [0.1, 0.15) is 26.7 Å². The van der Waals surface area contributed by atoms with Crippen LogP contribution >= 0.6 is 0 Å². The van der Waals surface area contributed by atoms with Gasteiger partial charge >= 0.3 is 0 Å². The standard InChI is InChI=1S/C9H17NO2/c1-6(2)8(11)9(12)7-4-3-5-10-7/h6-7,9-10,12H,3-5H2,1-2H3. The first-order chi connectivity index (χ1) is 5.63. The van der Waals surface area contributed by atoms with Gasteiger partial charge in [0.1, 0.15) is 6.10 Å². The van der Waals surface area contributed by atoms with Gasteiger partial charge in [0, 0.05) is 12.0 Å². The Hall–Kier alpha value is -0.410. The van der Waals surface area contributed by atoms with Gasteiger partial charge in [-0.15, -0.1) is 0 Å². The molecule has 0 amide bonds. The van der Waals surface area contributed by atoms with Crippen molar-refractivity contribution in [1.82, 2.24) is 5.32 Å². The first-order valence-corrected chi connectivity index (χ1v) is 4.58. The van der Waals surface area contributed by atoms with Crippen LogP contribution in [0.5, 0.6) is 0 Å². The molecule has 0 saturated carbocycles. The van der Waals surface area contributed by atoms with Crippen molar-refractivity contribution in [3.63, 3.8) is 0 Å². The molecule has 1 fully saturated rings. The lowest BCUT2D eigenvalue weighted by Gasteiger charge is -2.18. The fourth-order valence-corrected chi connectivity index (χ4v) is 1.52. The Labute approximate surface area is 73.2 Å². The lowest BCUT2D eigenvalue weighted by molar-refractivity contribution is -0.131. The molecule has 1 rings (SSSR count). The van der Waals surface area contributed by atoms with Crippen molar-refractivity contribution < 1.29 is 9.90 Å². The summed E-state index contributed by atoms with van der Waals surface area (Å²) in [5, 5.41) is 12.7. The third-order valence-electron chi connectivity index (χ3n) is 2.34. The van der Waals surface area contributed by atoms with Gasteiger partial charge in [0.25, 0.3) is 0 Å². The van der Waals surface area contributed by atoms with E-state index in [1.807, 2.05) is 13.8 Å². The number of carbonyl (C=O) groups excluding carboxylic acids is 1. The van der Waals surface area contributed by atoms with Crippen molar-refractivity contribution in [3.8, 4) is 0 Å². The molecule has 1 saturated heterocycles. The van der Waals surface area contributed by atoms with Gasteiger partial charge in [-0.1, -0.05) is 13.8 Å². The number of Topliss-reactive ketones (excluding diaryl/α,β-unsaturated/α-hetero) is 1. The van der Waals surface area contributed by atoms with Crippen LogP contribution in [0.25, 0.3) is 0 Å². The van der Waals surface area contributed by atoms with E-state index in [1.165, 1.54) is 0 Å². The molecule has 0 aromatic carbocycles. The number of hydrogen-bond donors (Lipinski definition) is 2. The summed E-state index contributed by atoms with van der Waals surface area (Å²) >= 11 is 0. The van der Waals surface area contributed by atoms with Crippen LogP contribution < -0.4 is 5.32 Å². The number of rotatable bonds is 3. The van der Waals surface area contributed by atoms with Gasteiger partial charge in [0.2, 0.25) is 0 Å². The van der Waals surface area contributed by atoms with E-state index in [9.17, 15) is 9.90 Å². The zero-order chi connectivity index (χ0) is 9.14. The Balaban J connectivity index is 2.45. The van der Waals surface area contributed by atoms with Crippen LogP contribution in [0, 0.1) is 5.92 Å². The third-order valence-corrected chi connectivity index (χ3v) is 2.34. The Morgan fingerprint density at radius 3 is 2.67 bits per heavy atom. The predicted molar refractivity (Wildman–Crippen MR) is 46.9 cm³/mol. The summed E-state index contributed by atoms with van der Waals surface area (Å²) in [4.78, 5) is 11.3. The molecular formula is C9H17NO2. The highest BCUT2D eigenvalue weighted by Crippen LogP contribution is 2.12. The summed E-state index contributed by atoms with van der Waals surface area (Å²) in [6, 6.07) is -0.0000926. The Morgan fingerprint density at radius 2 is 2.25 bits per heavy atom. The van der Waals surface area contributed by atoms with Crippen molar-refractivity contribution in [2.24, 2.45) is 5.92 Å². The second-order valence-corrected chi connectivity index (χ2v) is 3.70. The van der Waals surface area contributed by atoms with E-state index in [0.29, 0.717) is 0 Å². The molecule has 0 spiro atoms. The van der Waals surface area contributed by atoms with Crippen LogP contribution in [-0.2, 0) is 4.79 Å². The first kappa shape index (κ1) is 9.68. The molecule has 1 aliphatic rings. The van der Waals surface area contributed by atoms with Gasteiger partial charge in [-0.25, -0.2) is 0 Å². The summed E-state index contributed by atoms with van der Waals surface area (Å²) < 4.78 is 0. The largest absolute Gasteiger partial charge is 0.384 e. The van der Waals surface area contributed by atoms with E-state index < -0.39 is 6.10 Å². The number of hydrogen-bond acceptors (Lipinski definition) is 3. The molecule has 2 atom stereocenters. The maximum Gasteiger partial charge on any atom is 0.165 e. The molecule has 1 aliphatic heterocycles. The molecule has 0 aromatic heterocycles. The van der Waals surface area contributed by atoms with Crippen molar-refractivity contribution in [2.45, 2.75) is 38.8 Å². The average Bonchev–Trinajstić information content (AvgIpc) is 2.53. The summed E-state index contributed by atoms with van der Waals surface area (Å²) in [5.41, 5.74) is 0. The number of carbonyl (C=O) groups is 1. The predicted octanol–water partition coefficient (Wildman–Crippen LogP) is 0.324. The Morgan fingerprint density at radius 1 is 1.58 bits per heavy atom. The normalized spacial score (nSPS) is 26.2. The van der Waals surface area contributed by atoms with E-state index in [4.69, 9.17) is 0 Å². The topological polar surface area (TPSA) is 49.3 Å². The van der Waals surface area contributed by atoms with Crippen molar-refractivity contribution in [3.05, 3.63) is 0 Å². The zero-order valence-electron chi connectivity index (χ0n) is 7.71. The van der Waals surface area contributed by atoms with E-state index >= 15 is 0 Å². The monoisotopic (exact) mass is 171 g/mol. The fraction of sp³-hybridized carbons (Fsp3) is 0.889. The van der Waals surface area contributed by atoms with Gasteiger partial charge < -0.3 is 10.4 Å². The molecule has 2 unspecified atom stereocenters. The van der Waals surface area contributed by atoms with Crippen molar-refractivity contribution in [1.29, 1.82) is 0 Å². The average molecular weight is 171 g/mol. The van der Waals surface area contributed by atoms with Crippen LogP contribution in [0.15, 0.2) is 0 Å². The maximum absolute atomic E-state index is 11.3. The summed E-state index contributed by atoms with van der Waals surface area (Å²) in [6.45, 7) is 4.56. The molecule has 3 heteroatoms. The molecule has 0 aromatic rings. The quantitative estimate of drug-likeness (QED) is 0.643. The first-order valence-electron chi connectivity index (χ1n) is 4.58. The Bertz CT molecular complexity index is 162. The molecule has 0 aliphatic carbocycles. The molecule has 1 heterocycles. The maximum atomic E-state index is 11.3. The minimum Gasteiger partial charge on any atom is -0.384 e. The molecule has 0 radical (unpaired) electrons. The molecule has 0 bridgehead atoms. The highest BCUT2D eigenvalue weighted by molar-refractivity contribution is 5.85. The third kappa shape index (κ3) is 2.05. The second-order valence-electron chi connectivity index (χ2n) is 3.70. The van der Waals surface area contributed by atoms with E-state index in [1.54, 1.807) is 0 Å². The van der Waals surface area contributed by atoms with Crippen LogP contribution in [-0.4, -0.2) is 29.6 Å². The van der Waals surface area contributed by atoms with Crippen molar-refractivity contribution >= 4 is 5.78 Å². The summed E-state index contributed by atoms with van der Waals surface area (Å²) in [6.07, 6.45) is 1.18. The Kier molecular flexibility index (Phi) is 3.23. The number of aliphatic hydroxyl groups excluding tert-OH is 1. The smallest absolute Gasteiger partial charge is 0.165 e. The highest BCUT2D eigenvalue weighted by atomic mass is 16.3. The lowest BCUT2D eigenvalue weighted by Crippen LogP contribution is -2.42. The number of nitrogens with one attached hydrogen (secondary N) is 1. The van der Waals surface area contributed by atoms with Gasteiger partial charge in [-0.3, -0.25) is 4.79 Å². The fourth-order valence-electron chi connectivity index (χ4n) is 1.52. The zero-order valence-corrected chi connectivity index (χ0v) is 7.71. The summed E-state index contributed by atoms with van der Waals surface area (Å²) in [5.74, 6) is -0.114. The van der Waals surface area contributed by atoms with Crippen LogP contribution in [0.3, 0.4) is 0 Å². The second kappa shape index (κ2) is 4.01. The van der Waals surface area contributed by atoms with Gasteiger partial charge in [-0.2, -0.15) is 0 Å². The number of aliphatic hydroxyl groups is 1. The molecule has 12 heavy (non-hydrogen) atoms. The molecule has 2 N–H and O–H groups in total. The van der Waals surface area contributed by atoms with Gasteiger partial charge in [0.15, 0.2) is 5.78 Å². The van der Waals surface area contributed by atoms with Gasteiger partial charge in [-0.05, 0) is 19.4 Å². The van der Waals surface area contributed by atoms with Gasteiger partial charge in [0.05, 0.1) is 0 Å². The van der Waals surface area contributed by atoms with Crippen LogP contribution in [0.2, 0.25) is 0 Å². The van der Waals surface area contributed by atoms with Crippen LogP contribution in [0.4, 0.5) is 0 Å². The van der Waals surface area contributed by atoms with E-state index in [-0.39, 0.29) is 17.7 Å². The minimum absolute atomic E-state index is 0.0000926. The van der Waals surface area contributed by atoms with E-state index in [2.05, 4.69) is 5.32 Å². The SMILES string of the molecule is CC(C)C(=O)C(O)C1CCCN1. The molecule has 70 valence electrons. The molecule has 3 nitrogen and oxygen atoms in total. The summed E-state index contributed by atoms with van der Waals surface area (Å²) in [7, 11) is 0. The minimum atomic E-state index is -0.799. The molecular weight excluding hydrogens is 154 g/mol.